The van der Waals surface area contributed by atoms with Crippen LogP contribution in [0.4, 0.5) is 0 Å². The van der Waals surface area contributed by atoms with Crippen LogP contribution < -0.4 is 0 Å². The summed E-state index contributed by atoms with van der Waals surface area (Å²) in [6.45, 7) is 2.64. The van der Waals surface area contributed by atoms with Crippen LogP contribution in [-0.4, -0.2) is 25.0 Å². The van der Waals surface area contributed by atoms with Gasteiger partial charge in [0.1, 0.15) is 0 Å². The van der Waals surface area contributed by atoms with Gasteiger partial charge < -0.3 is 18.5 Å². The summed E-state index contributed by atoms with van der Waals surface area (Å²) < 4.78 is 0. The largest absolute Gasteiger partial charge is 0.693 e. The maximum Gasteiger partial charge on any atom is 0 e. The minimum Gasteiger partial charge on any atom is -0.693 e. The molecule has 1 fully saturated rings. The molecule has 0 aromatic rings. The summed E-state index contributed by atoms with van der Waals surface area (Å²) in [4.78, 5) is 2.39. The molecule has 1 radical (unpaired) electrons. The average molecular weight is 219 g/mol. The van der Waals surface area contributed by atoms with Gasteiger partial charge in [0.15, 0.2) is 0 Å². The number of nitrogens with zero attached hydrogens (tertiary/aromatic N) is 1. The van der Waals surface area contributed by atoms with Gasteiger partial charge in [-0.05, 0) is 33.0 Å². The van der Waals surface area contributed by atoms with Gasteiger partial charge in [0.25, 0.3) is 0 Å². The number of rotatable bonds is 0. The first kappa shape index (κ1) is 17.2. The van der Waals surface area contributed by atoms with Crippen LogP contribution in [0.2, 0.25) is 0 Å². The Morgan fingerprint density at radius 1 is 1.00 bits per heavy atom. The molecule has 1 aliphatic rings. The van der Waals surface area contributed by atoms with E-state index < -0.39 is 0 Å². The molecule has 0 aromatic carbocycles. The van der Waals surface area contributed by atoms with E-state index in [2.05, 4.69) is 11.9 Å². The van der Waals surface area contributed by atoms with Crippen LogP contribution in [0.5, 0.6) is 0 Å². The summed E-state index contributed by atoms with van der Waals surface area (Å²) in [5.41, 5.74) is 0. The molecule has 2 N–H and O–H groups in total. The Morgan fingerprint density at radius 2 is 1.40 bits per heavy atom. The number of nitrogens with two attached hydrogens (primary N) is 1. The Morgan fingerprint density at radius 3 is 1.60 bits per heavy atom. The Hall–Kier alpha value is 1.02. The minimum absolute atomic E-state index is 0. The van der Waals surface area contributed by atoms with Crippen LogP contribution in [-0.2, 0) is 32.7 Å². The fourth-order valence-corrected chi connectivity index (χ4v) is 1.05. The molecule has 0 unspecified atom stereocenters. The van der Waals surface area contributed by atoms with E-state index in [1.54, 1.807) is 0 Å². The molecular formula is C7H18N2Y-2. The first-order chi connectivity index (χ1) is 3.39. The number of likely N-dealkylation sites (tertiary alicyclic amines) is 1. The van der Waals surface area contributed by atoms with E-state index in [1.165, 1.54) is 32.4 Å². The van der Waals surface area contributed by atoms with Crippen molar-refractivity contribution in [2.75, 3.05) is 20.1 Å². The van der Waals surface area contributed by atoms with Crippen LogP contribution >= 0.6 is 0 Å². The van der Waals surface area contributed by atoms with Crippen molar-refractivity contribution in [1.82, 2.24) is 4.90 Å². The normalized spacial score (nSPS) is 17.7. The molecule has 61 valence electrons. The number of piperidine rings is 1. The second-order valence-corrected chi connectivity index (χ2v) is 2.36. The molecule has 1 saturated heterocycles. The molecule has 0 saturated carbocycles. The van der Waals surface area contributed by atoms with Crippen molar-refractivity contribution in [3.05, 3.63) is 13.6 Å². The van der Waals surface area contributed by atoms with Gasteiger partial charge in [0, 0.05) is 32.7 Å². The fourth-order valence-electron chi connectivity index (χ4n) is 1.05. The van der Waals surface area contributed by atoms with Crippen LogP contribution in [0.25, 0.3) is 6.15 Å². The summed E-state index contributed by atoms with van der Waals surface area (Å²) in [6, 6.07) is 0. The zero-order chi connectivity index (χ0) is 5.11. The Bertz CT molecular complexity index is 53.6. The second kappa shape index (κ2) is 10.0. The zero-order valence-electron chi connectivity index (χ0n) is 7.14. The van der Waals surface area contributed by atoms with Gasteiger partial charge in [-0.2, -0.15) is 0 Å². The van der Waals surface area contributed by atoms with Crippen LogP contribution in [0, 0.1) is 7.43 Å². The first-order valence-electron chi connectivity index (χ1n) is 3.08. The maximum absolute atomic E-state index is 2.39. The summed E-state index contributed by atoms with van der Waals surface area (Å²) in [5.74, 6) is 0. The second-order valence-electron chi connectivity index (χ2n) is 2.36. The van der Waals surface area contributed by atoms with Crippen molar-refractivity contribution in [2.45, 2.75) is 19.3 Å². The predicted molar refractivity (Wildman–Crippen MR) is 43.0 cm³/mol. The first-order valence-corrected chi connectivity index (χ1v) is 3.08. The molecule has 2 nitrogen and oxygen atoms in total. The third-order valence-electron chi connectivity index (χ3n) is 1.58. The molecule has 0 bridgehead atoms. The Labute approximate surface area is 90.2 Å². The van der Waals surface area contributed by atoms with Gasteiger partial charge >= 0.3 is 0 Å². The van der Waals surface area contributed by atoms with Crippen molar-refractivity contribution in [2.24, 2.45) is 0 Å². The smallest absolute Gasteiger partial charge is 0 e. The van der Waals surface area contributed by atoms with Gasteiger partial charge in [-0.25, -0.2) is 0 Å². The molecule has 1 heterocycles. The van der Waals surface area contributed by atoms with Gasteiger partial charge in [0.2, 0.25) is 0 Å². The summed E-state index contributed by atoms with van der Waals surface area (Å²) in [6.07, 6.45) is 4.28. The standard InChI is InChI=1S/C6H13N.CH3.H2N.Y/c1-7-5-3-2-4-6-7;;;/h2-6H2,1H3;1H3;1H2;/q;2*-1;. The molecule has 0 amide bonds. The third kappa shape index (κ3) is 7.13. The molecule has 1 rings (SSSR count). The van der Waals surface area contributed by atoms with E-state index in [1.807, 2.05) is 0 Å². The fraction of sp³-hybridized carbons (Fsp3) is 0.857. The quantitative estimate of drug-likeness (QED) is 0.575. The summed E-state index contributed by atoms with van der Waals surface area (Å²) >= 11 is 0. The van der Waals surface area contributed by atoms with Crippen molar-refractivity contribution in [3.8, 4) is 0 Å². The van der Waals surface area contributed by atoms with Crippen LogP contribution in [0.1, 0.15) is 19.3 Å². The topological polar surface area (TPSA) is 36.7 Å². The Kier molecular flexibility index (Phi) is 17.2. The predicted octanol–water partition coefficient (Wildman–Crippen LogP) is 2.27. The minimum atomic E-state index is 0. The van der Waals surface area contributed by atoms with Gasteiger partial charge in [-0.1, -0.05) is 6.42 Å². The van der Waals surface area contributed by atoms with Crippen molar-refractivity contribution in [3.63, 3.8) is 0 Å². The third-order valence-corrected chi connectivity index (χ3v) is 1.58. The molecule has 1 aliphatic heterocycles. The van der Waals surface area contributed by atoms with E-state index in [0.717, 1.165) is 0 Å². The van der Waals surface area contributed by atoms with Gasteiger partial charge in [-0.3, -0.25) is 0 Å². The van der Waals surface area contributed by atoms with E-state index in [-0.39, 0.29) is 46.3 Å². The monoisotopic (exact) mass is 219 g/mol. The van der Waals surface area contributed by atoms with E-state index in [9.17, 15) is 0 Å². The molecule has 0 aromatic heterocycles. The van der Waals surface area contributed by atoms with Crippen molar-refractivity contribution < 1.29 is 32.7 Å². The van der Waals surface area contributed by atoms with Crippen molar-refractivity contribution in [1.29, 1.82) is 0 Å². The van der Waals surface area contributed by atoms with E-state index in [4.69, 9.17) is 0 Å². The molecule has 3 heteroatoms. The van der Waals surface area contributed by atoms with E-state index in [0.29, 0.717) is 0 Å². The Balaban J connectivity index is -0.000000163. The zero-order valence-corrected chi connectivity index (χ0v) is 9.98. The van der Waals surface area contributed by atoms with Crippen LogP contribution in [0.3, 0.4) is 0 Å². The molecule has 0 atom stereocenters. The molecule has 0 spiro atoms. The molecule has 0 aliphatic carbocycles. The van der Waals surface area contributed by atoms with Crippen LogP contribution in [0.15, 0.2) is 0 Å². The number of hydrogen-bond acceptors (Lipinski definition) is 1. The van der Waals surface area contributed by atoms with Gasteiger partial charge in [-0.15, -0.1) is 0 Å². The SMILES string of the molecule is CN1CCCCC1.[CH3-].[NH2-].[Y]. The average Bonchev–Trinajstić information content (AvgIpc) is 1.69. The van der Waals surface area contributed by atoms with Gasteiger partial charge in [0.05, 0.1) is 0 Å². The van der Waals surface area contributed by atoms with E-state index >= 15 is 0 Å². The maximum atomic E-state index is 2.39. The summed E-state index contributed by atoms with van der Waals surface area (Å²) in [5, 5.41) is 0. The molecule has 10 heavy (non-hydrogen) atoms. The van der Waals surface area contributed by atoms with Crippen molar-refractivity contribution >= 4 is 0 Å². The number of hydrogen-bond donors (Lipinski definition) is 0. The molecular weight excluding hydrogens is 201 g/mol. The summed E-state index contributed by atoms with van der Waals surface area (Å²) in [7, 11) is 2.19.